The Morgan fingerprint density at radius 1 is 1.27 bits per heavy atom. The van der Waals surface area contributed by atoms with E-state index in [4.69, 9.17) is 0 Å². The molecule has 2 heterocycles. The molecule has 5 nitrogen and oxygen atoms in total. The second kappa shape index (κ2) is 7.11. The molecule has 0 saturated carbocycles. The van der Waals surface area contributed by atoms with Gasteiger partial charge in [-0.15, -0.1) is 11.3 Å². The van der Waals surface area contributed by atoms with E-state index in [1.165, 1.54) is 6.07 Å². The first-order valence-corrected chi connectivity index (χ1v) is 9.14. The topological polar surface area (TPSA) is 62.3 Å². The second-order valence-electron chi connectivity index (χ2n) is 7.12. The Kier molecular flexibility index (Phi) is 5.04. The highest BCUT2D eigenvalue weighted by Crippen LogP contribution is 2.29. The Bertz CT molecular complexity index is 851. The maximum absolute atomic E-state index is 13.2. The first-order chi connectivity index (χ1) is 12.2. The van der Waals surface area contributed by atoms with E-state index in [2.05, 4.69) is 24.1 Å². The fourth-order valence-electron chi connectivity index (χ4n) is 2.99. The van der Waals surface area contributed by atoms with Gasteiger partial charge < -0.3 is 4.90 Å². The van der Waals surface area contributed by atoms with E-state index in [1.54, 1.807) is 10.3 Å². The molecule has 1 fully saturated rings. The molecular formula is C18H19F2N3O2S. The fraction of sp³-hybridized carbons (Fsp3) is 0.389. The third-order valence-corrected chi connectivity index (χ3v) is 5.07. The Morgan fingerprint density at radius 2 is 2.04 bits per heavy atom. The summed E-state index contributed by atoms with van der Waals surface area (Å²) in [6.45, 7) is 5.61. The molecule has 2 amide bonds. The molecule has 26 heavy (non-hydrogen) atoms. The van der Waals surface area contributed by atoms with Crippen LogP contribution in [0.3, 0.4) is 0 Å². The second-order valence-corrected chi connectivity index (χ2v) is 7.97. The van der Waals surface area contributed by atoms with Gasteiger partial charge in [-0.3, -0.25) is 14.9 Å². The van der Waals surface area contributed by atoms with Crippen LogP contribution >= 0.6 is 11.3 Å². The normalized spacial score (nSPS) is 16.4. The van der Waals surface area contributed by atoms with Crippen LogP contribution in [0.5, 0.6) is 0 Å². The minimum Gasteiger partial charge on any atom is -0.337 e. The fourth-order valence-corrected chi connectivity index (χ4v) is 3.67. The predicted octanol–water partition coefficient (Wildman–Crippen LogP) is 3.94. The Labute approximate surface area is 154 Å². The number of nitrogens with zero attached hydrogens (tertiary/aromatic N) is 2. The number of likely N-dealkylation sites (tertiary alicyclic amines) is 1. The van der Waals surface area contributed by atoms with Gasteiger partial charge in [-0.05, 0) is 36.5 Å². The zero-order chi connectivity index (χ0) is 18.9. The van der Waals surface area contributed by atoms with Crippen molar-refractivity contribution < 1.29 is 18.4 Å². The molecular weight excluding hydrogens is 360 g/mol. The number of halogens is 2. The number of hydrogen-bond acceptors (Lipinski definition) is 4. The van der Waals surface area contributed by atoms with Crippen molar-refractivity contribution in [1.29, 1.82) is 0 Å². The van der Waals surface area contributed by atoms with Crippen molar-refractivity contribution in [3.8, 4) is 0 Å². The first kappa shape index (κ1) is 18.4. The molecule has 0 atom stereocenters. The van der Waals surface area contributed by atoms with Crippen LogP contribution < -0.4 is 5.32 Å². The van der Waals surface area contributed by atoms with Crippen LogP contribution in [0.15, 0.2) is 23.6 Å². The molecule has 0 radical (unpaired) electrons. The van der Waals surface area contributed by atoms with E-state index in [1.807, 2.05) is 0 Å². The SMILES string of the molecule is CC1(C)CCCN(C(=O)c2csc(NC(=O)c3ccc(F)c(F)c3)n2)C1. The summed E-state index contributed by atoms with van der Waals surface area (Å²) >= 11 is 1.11. The van der Waals surface area contributed by atoms with Crippen molar-refractivity contribution in [2.75, 3.05) is 18.4 Å². The number of hydrogen-bond donors (Lipinski definition) is 1. The van der Waals surface area contributed by atoms with Crippen LogP contribution in [0.1, 0.15) is 47.5 Å². The van der Waals surface area contributed by atoms with E-state index in [0.29, 0.717) is 13.1 Å². The quantitative estimate of drug-likeness (QED) is 0.879. The summed E-state index contributed by atoms with van der Waals surface area (Å²) < 4.78 is 26.2. The molecule has 0 spiro atoms. The number of aromatic nitrogens is 1. The van der Waals surface area contributed by atoms with Crippen molar-refractivity contribution in [2.45, 2.75) is 26.7 Å². The molecule has 0 aliphatic carbocycles. The summed E-state index contributed by atoms with van der Waals surface area (Å²) in [5.41, 5.74) is 0.325. The van der Waals surface area contributed by atoms with Gasteiger partial charge >= 0.3 is 0 Å². The Morgan fingerprint density at radius 3 is 2.73 bits per heavy atom. The van der Waals surface area contributed by atoms with Gasteiger partial charge in [0, 0.05) is 24.0 Å². The lowest BCUT2D eigenvalue weighted by Gasteiger charge is -2.37. The van der Waals surface area contributed by atoms with Crippen molar-refractivity contribution in [3.63, 3.8) is 0 Å². The van der Waals surface area contributed by atoms with E-state index in [9.17, 15) is 18.4 Å². The standard InChI is InChI=1S/C18H19F2N3O2S/c1-18(2)6-3-7-23(10-18)16(25)14-9-26-17(21-14)22-15(24)11-4-5-12(19)13(20)8-11/h4-5,8-9H,3,6-7,10H2,1-2H3,(H,21,22,24). The smallest absolute Gasteiger partial charge is 0.273 e. The highest BCUT2D eigenvalue weighted by Gasteiger charge is 2.30. The lowest BCUT2D eigenvalue weighted by atomic mass is 9.84. The zero-order valence-electron chi connectivity index (χ0n) is 14.5. The number of carbonyl (C=O) groups excluding carboxylic acids is 2. The van der Waals surface area contributed by atoms with Gasteiger partial charge in [-0.25, -0.2) is 13.8 Å². The summed E-state index contributed by atoms with van der Waals surface area (Å²) in [7, 11) is 0. The van der Waals surface area contributed by atoms with Gasteiger partial charge in [-0.1, -0.05) is 13.8 Å². The summed E-state index contributed by atoms with van der Waals surface area (Å²) in [6, 6.07) is 2.89. The molecule has 1 aromatic carbocycles. The van der Waals surface area contributed by atoms with Crippen LogP contribution in [-0.4, -0.2) is 34.8 Å². The van der Waals surface area contributed by atoms with Gasteiger partial charge in [0.05, 0.1) is 0 Å². The van der Waals surface area contributed by atoms with Crippen molar-refractivity contribution >= 4 is 28.3 Å². The highest BCUT2D eigenvalue weighted by atomic mass is 32.1. The predicted molar refractivity (Wildman–Crippen MR) is 95.3 cm³/mol. The average molecular weight is 379 g/mol. The minimum atomic E-state index is -1.10. The van der Waals surface area contributed by atoms with E-state index < -0.39 is 17.5 Å². The largest absolute Gasteiger partial charge is 0.337 e. The number of thiazole rings is 1. The number of nitrogens with one attached hydrogen (secondary N) is 1. The van der Waals surface area contributed by atoms with Crippen LogP contribution in [0.25, 0.3) is 0 Å². The molecule has 1 aromatic heterocycles. The van der Waals surface area contributed by atoms with Crippen molar-refractivity contribution in [3.05, 3.63) is 46.5 Å². The van der Waals surface area contributed by atoms with Gasteiger partial charge in [0.1, 0.15) is 5.69 Å². The summed E-state index contributed by atoms with van der Waals surface area (Å²) in [5, 5.41) is 4.33. The van der Waals surface area contributed by atoms with Crippen LogP contribution in [-0.2, 0) is 0 Å². The van der Waals surface area contributed by atoms with Crippen molar-refractivity contribution in [1.82, 2.24) is 9.88 Å². The molecule has 0 bridgehead atoms. The van der Waals surface area contributed by atoms with Crippen LogP contribution in [0.4, 0.5) is 13.9 Å². The Balaban J connectivity index is 1.68. The number of amides is 2. The number of rotatable bonds is 3. The molecule has 2 aromatic rings. The highest BCUT2D eigenvalue weighted by molar-refractivity contribution is 7.14. The lowest BCUT2D eigenvalue weighted by molar-refractivity contribution is 0.0578. The zero-order valence-corrected chi connectivity index (χ0v) is 15.3. The van der Waals surface area contributed by atoms with E-state index in [-0.39, 0.29) is 27.7 Å². The number of benzene rings is 1. The van der Waals surface area contributed by atoms with E-state index in [0.717, 1.165) is 36.3 Å². The molecule has 8 heteroatoms. The maximum atomic E-state index is 13.2. The number of piperidine rings is 1. The van der Waals surface area contributed by atoms with Crippen molar-refractivity contribution in [2.24, 2.45) is 5.41 Å². The molecule has 0 unspecified atom stereocenters. The van der Waals surface area contributed by atoms with Gasteiger partial charge in [0.2, 0.25) is 0 Å². The Hall–Kier alpha value is -2.35. The third kappa shape index (κ3) is 4.07. The van der Waals surface area contributed by atoms with E-state index >= 15 is 0 Å². The van der Waals surface area contributed by atoms with Crippen LogP contribution in [0, 0.1) is 17.0 Å². The molecule has 3 rings (SSSR count). The summed E-state index contributed by atoms with van der Waals surface area (Å²) in [5.74, 6) is -2.90. The molecule has 1 N–H and O–H groups in total. The molecule has 1 saturated heterocycles. The monoisotopic (exact) mass is 379 g/mol. The average Bonchev–Trinajstić information content (AvgIpc) is 3.04. The summed E-state index contributed by atoms with van der Waals surface area (Å²) in [6.07, 6.45) is 2.02. The summed E-state index contributed by atoms with van der Waals surface area (Å²) in [4.78, 5) is 30.7. The lowest BCUT2D eigenvalue weighted by Crippen LogP contribution is -2.43. The molecule has 1 aliphatic rings. The minimum absolute atomic E-state index is 0.0234. The van der Waals surface area contributed by atoms with Crippen LogP contribution in [0.2, 0.25) is 0 Å². The molecule has 138 valence electrons. The maximum Gasteiger partial charge on any atom is 0.273 e. The first-order valence-electron chi connectivity index (χ1n) is 8.26. The number of carbonyl (C=O) groups is 2. The van der Waals surface area contributed by atoms with Gasteiger partial charge in [-0.2, -0.15) is 0 Å². The van der Waals surface area contributed by atoms with Gasteiger partial charge in [0.15, 0.2) is 16.8 Å². The molecule has 1 aliphatic heterocycles. The van der Waals surface area contributed by atoms with Gasteiger partial charge in [0.25, 0.3) is 11.8 Å². The third-order valence-electron chi connectivity index (χ3n) is 4.31. The number of anilines is 1.